The van der Waals surface area contributed by atoms with Crippen molar-refractivity contribution in [3.8, 4) is 0 Å². The Labute approximate surface area is 123 Å². The summed E-state index contributed by atoms with van der Waals surface area (Å²) < 4.78 is 27.7. The third-order valence-corrected chi connectivity index (χ3v) is 3.67. The molecule has 1 aliphatic heterocycles. The van der Waals surface area contributed by atoms with E-state index in [9.17, 15) is 18.4 Å². The monoisotopic (exact) mass is 307 g/mol. The van der Waals surface area contributed by atoms with Crippen LogP contribution in [-0.4, -0.2) is 11.7 Å². The predicted octanol–water partition coefficient (Wildman–Crippen LogP) is 3.35. The van der Waals surface area contributed by atoms with Gasteiger partial charge in [-0.2, -0.15) is 0 Å². The number of hydrogen-bond acceptors (Lipinski definition) is 2. The molecule has 0 fully saturated rings. The van der Waals surface area contributed by atoms with Gasteiger partial charge in [-0.15, -0.1) is 0 Å². The molecule has 0 saturated carbocycles. The van der Waals surface area contributed by atoms with Crippen LogP contribution in [0.5, 0.6) is 0 Å². The lowest BCUT2D eigenvalue weighted by atomic mass is 10.1. The Hall–Kier alpha value is -2.27. The van der Waals surface area contributed by atoms with Gasteiger partial charge in [-0.3, -0.25) is 14.5 Å². The SMILES string of the molecule is O=C1C(=O)N(Cc2c(F)cccc2Cl)c2c(F)cccc21. The Bertz CT molecular complexity index is 756. The Morgan fingerprint density at radius 1 is 1.00 bits per heavy atom. The summed E-state index contributed by atoms with van der Waals surface area (Å²) in [5, 5.41) is 0.111. The first kappa shape index (κ1) is 13.7. The minimum absolute atomic E-state index is 0.0209. The Morgan fingerprint density at radius 3 is 2.38 bits per heavy atom. The average Bonchev–Trinajstić information content (AvgIpc) is 2.69. The largest absolute Gasteiger partial charge is 0.299 e. The summed E-state index contributed by atoms with van der Waals surface area (Å²) in [6.45, 7) is -0.302. The molecule has 1 heterocycles. The van der Waals surface area contributed by atoms with Crippen molar-refractivity contribution in [2.45, 2.75) is 6.54 Å². The van der Waals surface area contributed by atoms with E-state index in [0.717, 1.165) is 11.0 Å². The van der Waals surface area contributed by atoms with Crippen LogP contribution in [0.15, 0.2) is 36.4 Å². The smallest absolute Gasteiger partial charge is 0.297 e. The Kier molecular flexibility index (Phi) is 3.22. The zero-order valence-electron chi connectivity index (χ0n) is 10.6. The van der Waals surface area contributed by atoms with Crippen LogP contribution in [0.4, 0.5) is 14.5 Å². The minimum atomic E-state index is -0.894. The van der Waals surface area contributed by atoms with Crippen molar-refractivity contribution in [1.29, 1.82) is 0 Å². The third-order valence-electron chi connectivity index (χ3n) is 3.32. The number of hydrogen-bond donors (Lipinski definition) is 0. The second-order valence-electron chi connectivity index (χ2n) is 4.56. The van der Waals surface area contributed by atoms with Gasteiger partial charge in [0.05, 0.1) is 17.8 Å². The predicted molar refractivity (Wildman–Crippen MR) is 73.3 cm³/mol. The maximum atomic E-state index is 13.9. The van der Waals surface area contributed by atoms with Gasteiger partial charge in [-0.25, -0.2) is 8.78 Å². The fourth-order valence-electron chi connectivity index (χ4n) is 2.30. The van der Waals surface area contributed by atoms with Crippen molar-refractivity contribution in [2.75, 3.05) is 4.90 Å². The first-order valence-corrected chi connectivity index (χ1v) is 6.46. The molecule has 0 bridgehead atoms. The quantitative estimate of drug-likeness (QED) is 0.798. The van der Waals surface area contributed by atoms with Gasteiger partial charge in [0.1, 0.15) is 11.6 Å². The summed E-state index contributed by atoms with van der Waals surface area (Å²) >= 11 is 5.90. The van der Waals surface area contributed by atoms with Crippen LogP contribution < -0.4 is 4.90 Å². The molecule has 0 radical (unpaired) electrons. The third kappa shape index (κ3) is 2.10. The summed E-state index contributed by atoms with van der Waals surface area (Å²) in [7, 11) is 0. The van der Waals surface area contributed by atoms with E-state index in [4.69, 9.17) is 11.6 Å². The van der Waals surface area contributed by atoms with E-state index in [0.29, 0.717) is 0 Å². The zero-order chi connectivity index (χ0) is 15.1. The van der Waals surface area contributed by atoms with Crippen molar-refractivity contribution in [2.24, 2.45) is 0 Å². The molecular formula is C15H8ClF2NO2. The molecule has 6 heteroatoms. The van der Waals surface area contributed by atoms with Crippen LogP contribution in [0.2, 0.25) is 5.02 Å². The maximum absolute atomic E-state index is 13.9. The standard InChI is InChI=1S/C15H8ClF2NO2/c16-10-4-2-5-11(17)9(10)7-19-13-8(14(20)15(19)21)3-1-6-12(13)18/h1-6H,7H2. The van der Waals surface area contributed by atoms with E-state index in [2.05, 4.69) is 0 Å². The summed E-state index contributed by atoms with van der Waals surface area (Å²) in [4.78, 5) is 24.7. The molecule has 21 heavy (non-hydrogen) atoms. The molecule has 2 aromatic rings. The number of nitrogens with zero attached hydrogens (tertiary/aromatic N) is 1. The van der Waals surface area contributed by atoms with E-state index in [1.807, 2.05) is 0 Å². The van der Waals surface area contributed by atoms with Crippen LogP contribution in [-0.2, 0) is 11.3 Å². The van der Waals surface area contributed by atoms with Gasteiger partial charge in [0.25, 0.3) is 11.7 Å². The second kappa shape index (κ2) is 4.93. The number of benzene rings is 2. The molecule has 0 N–H and O–H groups in total. The topological polar surface area (TPSA) is 37.4 Å². The highest BCUT2D eigenvalue weighted by atomic mass is 35.5. The fourth-order valence-corrected chi connectivity index (χ4v) is 2.53. The number of ketones is 1. The van der Waals surface area contributed by atoms with Gasteiger partial charge in [0.2, 0.25) is 0 Å². The molecule has 0 spiro atoms. The minimum Gasteiger partial charge on any atom is -0.297 e. The van der Waals surface area contributed by atoms with Gasteiger partial charge in [-0.05, 0) is 24.3 Å². The van der Waals surface area contributed by atoms with Gasteiger partial charge in [0.15, 0.2) is 0 Å². The average molecular weight is 308 g/mol. The summed E-state index contributed by atoms with van der Waals surface area (Å²) in [6.07, 6.45) is 0. The number of Topliss-reactive ketones (excluding diaryl/α,β-unsaturated/α-hetero) is 1. The summed E-state index contributed by atoms with van der Waals surface area (Å²) in [6, 6.07) is 7.92. The molecule has 0 unspecified atom stereocenters. The molecule has 0 aliphatic carbocycles. The Balaban J connectivity index is 2.09. The number of carbonyl (C=O) groups is 2. The normalized spacial score (nSPS) is 13.8. The number of para-hydroxylation sites is 1. The van der Waals surface area contributed by atoms with Gasteiger partial charge in [-0.1, -0.05) is 23.7 Å². The van der Waals surface area contributed by atoms with E-state index in [1.54, 1.807) is 0 Å². The molecule has 1 amide bonds. The van der Waals surface area contributed by atoms with Crippen molar-refractivity contribution in [1.82, 2.24) is 0 Å². The molecule has 3 rings (SSSR count). The number of rotatable bonds is 2. The molecule has 0 atom stereocenters. The van der Waals surface area contributed by atoms with Crippen LogP contribution in [0.25, 0.3) is 0 Å². The highest BCUT2D eigenvalue weighted by molar-refractivity contribution is 6.52. The maximum Gasteiger partial charge on any atom is 0.299 e. The fraction of sp³-hybridized carbons (Fsp3) is 0.0667. The van der Waals surface area contributed by atoms with Crippen LogP contribution in [0, 0.1) is 11.6 Å². The number of halogens is 3. The number of carbonyl (C=O) groups excluding carboxylic acids is 2. The van der Waals surface area contributed by atoms with E-state index < -0.39 is 23.3 Å². The lowest BCUT2D eigenvalue weighted by Gasteiger charge is -2.18. The molecule has 3 nitrogen and oxygen atoms in total. The van der Waals surface area contributed by atoms with Crippen LogP contribution in [0.3, 0.4) is 0 Å². The van der Waals surface area contributed by atoms with Crippen LogP contribution >= 0.6 is 11.6 Å². The van der Waals surface area contributed by atoms with Crippen molar-refractivity contribution in [3.05, 3.63) is 64.2 Å². The molecule has 2 aromatic carbocycles. The molecule has 106 valence electrons. The summed E-state index contributed by atoms with van der Waals surface area (Å²) in [5.74, 6) is -3.03. The Morgan fingerprint density at radius 2 is 1.67 bits per heavy atom. The second-order valence-corrected chi connectivity index (χ2v) is 4.96. The van der Waals surface area contributed by atoms with Crippen molar-refractivity contribution >= 4 is 29.0 Å². The lowest BCUT2D eigenvalue weighted by Crippen LogP contribution is -2.30. The van der Waals surface area contributed by atoms with E-state index in [-0.39, 0.29) is 28.4 Å². The molecule has 0 aromatic heterocycles. The highest BCUT2D eigenvalue weighted by Gasteiger charge is 2.38. The number of amides is 1. The highest BCUT2D eigenvalue weighted by Crippen LogP contribution is 2.34. The van der Waals surface area contributed by atoms with Crippen LogP contribution in [0.1, 0.15) is 15.9 Å². The van der Waals surface area contributed by atoms with Crippen molar-refractivity contribution < 1.29 is 18.4 Å². The van der Waals surface area contributed by atoms with Gasteiger partial charge in [0, 0.05) is 10.6 Å². The summed E-state index contributed by atoms with van der Waals surface area (Å²) in [5.41, 5.74) is -0.115. The number of fused-ring (bicyclic) bond motifs is 1. The molecular weight excluding hydrogens is 300 g/mol. The van der Waals surface area contributed by atoms with E-state index in [1.165, 1.54) is 30.3 Å². The first-order valence-electron chi connectivity index (χ1n) is 6.08. The van der Waals surface area contributed by atoms with Gasteiger partial charge >= 0.3 is 0 Å². The molecule has 0 saturated heterocycles. The van der Waals surface area contributed by atoms with Crippen molar-refractivity contribution in [3.63, 3.8) is 0 Å². The number of anilines is 1. The zero-order valence-corrected chi connectivity index (χ0v) is 11.3. The first-order chi connectivity index (χ1) is 10.0. The lowest BCUT2D eigenvalue weighted by molar-refractivity contribution is -0.114. The van der Waals surface area contributed by atoms with Gasteiger partial charge < -0.3 is 0 Å². The van der Waals surface area contributed by atoms with E-state index >= 15 is 0 Å². The molecule has 1 aliphatic rings.